The Balaban J connectivity index is 2.42. The average Bonchev–Trinajstić information content (AvgIpc) is 2.68. The van der Waals surface area contributed by atoms with Crippen molar-refractivity contribution in [2.24, 2.45) is 0 Å². The minimum absolute atomic E-state index is 0.00151. The predicted octanol–water partition coefficient (Wildman–Crippen LogP) is 1.82. The van der Waals surface area contributed by atoms with E-state index in [4.69, 9.17) is 5.11 Å². The van der Waals surface area contributed by atoms with Crippen LogP contribution in [0.4, 0.5) is 0 Å². The first-order valence-electron chi connectivity index (χ1n) is 6.35. The summed E-state index contributed by atoms with van der Waals surface area (Å²) >= 11 is 1.74. The summed E-state index contributed by atoms with van der Waals surface area (Å²) in [6.07, 6.45) is 0.821. The lowest BCUT2D eigenvalue weighted by Crippen LogP contribution is -2.33. The van der Waals surface area contributed by atoms with Gasteiger partial charge in [-0.2, -0.15) is 16.1 Å². The molecular weight excluding hydrogens is 298 g/mol. The molecular formula is C13H17NO4S2. The molecule has 1 aromatic rings. The number of aryl methyl sites for hydroxylation is 1. The molecule has 0 spiro atoms. The minimum atomic E-state index is -3.62. The first kappa shape index (κ1) is 15.3. The number of carboxylic acids is 1. The van der Waals surface area contributed by atoms with Crippen molar-refractivity contribution >= 4 is 27.8 Å². The van der Waals surface area contributed by atoms with Gasteiger partial charge in [0.1, 0.15) is 0 Å². The van der Waals surface area contributed by atoms with Gasteiger partial charge >= 0.3 is 5.97 Å². The van der Waals surface area contributed by atoms with Crippen molar-refractivity contribution in [3.8, 4) is 0 Å². The molecule has 0 unspecified atom stereocenters. The second-order valence-electron chi connectivity index (χ2n) is 4.66. The molecule has 1 saturated heterocycles. The van der Waals surface area contributed by atoms with E-state index in [1.165, 1.54) is 16.4 Å². The fourth-order valence-electron chi connectivity index (χ4n) is 2.11. The number of carbonyl (C=O) groups is 1. The molecule has 0 radical (unpaired) electrons. The van der Waals surface area contributed by atoms with Gasteiger partial charge in [-0.15, -0.1) is 0 Å². The fourth-order valence-corrected chi connectivity index (χ4v) is 4.85. The average molecular weight is 315 g/mol. The quantitative estimate of drug-likeness (QED) is 0.921. The Morgan fingerprint density at radius 2 is 2.05 bits per heavy atom. The molecule has 0 saturated carbocycles. The van der Waals surface area contributed by atoms with Crippen LogP contribution in [-0.2, 0) is 10.0 Å². The van der Waals surface area contributed by atoms with E-state index in [9.17, 15) is 13.2 Å². The van der Waals surface area contributed by atoms with E-state index in [2.05, 4.69) is 0 Å². The van der Waals surface area contributed by atoms with E-state index >= 15 is 0 Å². The maximum atomic E-state index is 12.7. The zero-order valence-corrected chi connectivity index (χ0v) is 12.8. The third-order valence-electron chi connectivity index (χ3n) is 3.23. The zero-order valence-electron chi connectivity index (χ0n) is 11.2. The number of aromatic carboxylic acids is 1. The Labute approximate surface area is 123 Å². The van der Waals surface area contributed by atoms with Gasteiger partial charge in [0, 0.05) is 18.8 Å². The number of sulfonamides is 1. The number of thioether (sulfide) groups is 1. The maximum absolute atomic E-state index is 12.7. The first-order valence-corrected chi connectivity index (χ1v) is 8.94. The molecule has 0 aliphatic carbocycles. The first-order chi connectivity index (χ1) is 9.43. The van der Waals surface area contributed by atoms with Crippen LogP contribution in [0.3, 0.4) is 0 Å². The van der Waals surface area contributed by atoms with Gasteiger partial charge in [-0.1, -0.05) is 6.07 Å². The van der Waals surface area contributed by atoms with Gasteiger partial charge in [0.25, 0.3) is 0 Å². The Hall–Kier alpha value is -1.05. The summed E-state index contributed by atoms with van der Waals surface area (Å²) in [6.45, 7) is 2.65. The number of hydrogen-bond acceptors (Lipinski definition) is 4. The van der Waals surface area contributed by atoms with E-state index in [-0.39, 0.29) is 10.5 Å². The Bertz CT molecular complexity index is 605. The fraction of sp³-hybridized carbons (Fsp3) is 0.462. The molecule has 1 aliphatic heterocycles. The van der Waals surface area contributed by atoms with Crippen molar-refractivity contribution in [2.75, 3.05) is 24.6 Å². The number of benzene rings is 1. The van der Waals surface area contributed by atoms with Crippen molar-refractivity contribution in [3.63, 3.8) is 0 Å². The summed E-state index contributed by atoms with van der Waals surface area (Å²) in [5, 5.41) is 9.01. The second kappa shape index (κ2) is 6.15. The molecule has 5 nitrogen and oxygen atoms in total. The summed E-state index contributed by atoms with van der Waals surface area (Å²) in [6, 6.07) is 4.23. The van der Waals surface area contributed by atoms with Crippen LogP contribution in [0.5, 0.6) is 0 Å². The molecule has 0 amide bonds. The Morgan fingerprint density at radius 1 is 1.30 bits per heavy atom. The monoisotopic (exact) mass is 315 g/mol. The van der Waals surface area contributed by atoms with Gasteiger partial charge in [-0.3, -0.25) is 0 Å². The molecule has 110 valence electrons. The SMILES string of the molecule is Cc1ccc(C(=O)O)cc1S(=O)(=O)N1CCCSCC1. The van der Waals surface area contributed by atoms with E-state index in [0.29, 0.717) is 18.7 Å². The lowest BCUT2D eigenvalue weighted by atomic mass is 10.1. The molecule has 2 rings (SSSR count). The van der Waals surface area contributed by atoms with Gasteiger partial charge < -0.3 is 5.11 Å². The van der Waals surface area contributed by atoms with Crippen LogP contribution in [0.2, 0.25) is 0 Å². The largest absolute Gasteiger partial charge is 0.478 e. The summed E-state index contributed by atoms with van der Waals surface area (Å²) in [5.41, 5.74) is 0.574. The zero-order chi connectivity index (χ0) is 14.8. The van der Waals surface area contributed by atoms with Gasteiger partial charge in [-0.05, 0) is 36.8 Å². The van der Waals surface area contributed by atoms with Gasteiger partial charge in [0.05, 0.1) is 10.5 Å². The molecule has 1 aliphatic rings. The maximum Gasteiger partial charge on any atom is 0.335 e. The number of rotatable bonds is 3. The highest BCUT2D eigenvalue weighted by molar-refractivity contribution is 7.99. The predicted molar refractivity (Wildman–Crippen MR) is 78.8 cm³/mol. The number of nitrogens with zero attached hydrogens (tertiary/aromatic N) is 1. The lowest BCUT2D eigenvalue weighted by Gasteiger charge is -2.21. The van der Waals surface area contributed by atoms with Crippen LogP contribution in [0, 0.1) is 6.92 Å². The Kier molecular flexibility index (Phi) is 4.72. The molecule has 0 atom stereocenters. The van der Waals surface area contributed by atoms with Crippen LogP contribution in [0.15, 0.2) is 23.1 Å². The smallest absolute Gasteiger partial charge is 0.335 e. The van der Waals surface area contributed by atoms with E-state index in [1.54, 1.807) is 24.8 Å². The van der Waals surface area contributed by atoms with Crippen molar-refractivity contribution in [1.29, 1.82) is 0 Å². The number of hydrogen-bond donors (Lipinski definition) is 1. The molecule has 1 fully saturated rings. The summed E-state index contributed by atoms with van der Waals surface area (Å²) in [4.78, 5) is 11.1. The van der Waals surface area contributed by atoms with Crippen molar-refractivity contribution in [1.82, 2.24) is 4.31 Å². The normalized spacial score (nSPS) is 17.6. The summed E-state index contributed by atoms with van der Waals surface area (Å²) in [7, 11) is -3.62. The second-order valence-corrected chi connectivity index (χ2v) is 7.79. The highest BCUT2D eigenvalue weighted by Gasteiger charge is 2.27. The van der Waals surface area contributed by atoms with Gasteiger partial charge in [0.2, 0.25) is 10.0 Å². The Morgan fingerprint density at radius 3 is 2.75 bits per heavy atom. The number of carboxylic acid groups (broad SMARTS) is 1. The van der Waals surface area contributed by atoms with Crippen LogP contribution in [0.1, 0.15) is 22.3 Å². The van der Waals surface area contributed by atoms with Crippen molar-refractivity contribution in [3.05, 3.63) is 29.3 Å². The van der Waals surface area contributed by atoms with Crippen LogP contribution in [-0.4, -0.2) is 48.4 Å². The summed E-state index contributed by atoms with van der Waals surface area (Å²) < 4.78 is 26.8. The van der Waals surface area contributed by atoms with E-state index < -0.39 is 16.0 Å². The highest BCUT2D eigenvalue weighted by atomic mass is 32.2. The van der Waals surface area contributed by atoms with Gasteiger partial charge in [-0.25, -0.2) is 13.2 Å². The van der Waals surface area contributed by atoms with Crippen LogP contribution in [0.25, 0.3) is 0 Å². The molecule has 0 bridgehead atoms. The lowest BCUT2D eigenvalue weighted by molar-refractivity contribution is 0.0696. The molecule has 1 heterocycles. The van der Waals surface area contributed by atoms with Crippen molar-refractivity contribution in [2.45, 2.75) is 18.2 Å². The molecule has 0 aromatic heterocycles. The third kappa shape index (κ3) is 3.16. The third-order valence-corrected chi connectivity index (χ3v) is 6.32. The van der Waals surface area contributed by atoms with Crippen molar-refractivity contribution < 1.29 is 18.3 Å². The molecule has 20 heavy (non-hydrogen) atoms. The van der Waals surface area contributed by atoms with E-state index in [0.717, 1.165) is 17.9 Å². The van der Waals surface area contributed by atoms with Crippen LogP contribution >= 0.6 is 11.8 Å². The standard InChI is InChI=1S/C13H17NO4S2/c1-10-3-4-11(13(15)16)9-12(10)20(17,18)14-5-2-7-19-8-6-14/h3-4,9H,2,5-8H2,1H3,(H,15,16). The molecule has 1 N–H and O–H groups in total. The molecule has 7 heteroatoms. The molecule has 1 aromatic carbocycles. The highest BCUT2D eigenvalue weighted by Crippen LogP contribution is 2.23. The summed E-state index contributed by atoms with van der Waals surface area (Å²) in [5.74, 6) is 0.615. The van der Waals surface area contributed by atoms with Crippen LogP contribution < -0.4 is 0 Å². The van der Waals surface area contributed by atoms with E-state index in [1.807, 2.05) is 0 Å². The topological polar surface area (TPSA) is 74.7 Å². The van der Waals surface area contributed by atoms with Gasteiger partial charge in [0.15, 0.2) is 0 Å². The minimum Gasteiger partial charge on any atom is -0.478 e.